The van der Waals surface area contributed by atoms with Crippen molar-refractivity contribution in [2.75, 3.05) is 0 Å². The van der Waals surface area contributed by atoms with Gasteiger partial charge in [0, 0.05) is 45.3 Å². The molecule has 3 aromatic heterocycles. The van der Waals surface area contributed by atoms with E-state index in [1.807, 2.05) is 30.5 Å². The fraction of sp³-hybridized carbons (Fsp3) is 0.0233. The molecule has 0 radical (unpaired) electrons. The lowest BCUT2D eigenvalue weighted by molar-refractivity contribution is 0.976. The molecule has 0 bridgehead atoms. The van der Waals surface area contributed by atoms with E-state index >= 15 is 0 Å². The molecule has 4 nitrogen and oxygen atoms in total. The number of fused-ring (bicyclic) bond motifs is 6. The third-order valence-corrected chi connectivity index (χ3v) is 8.93. The molecule has 0 amide bonds. The third kappa shape index (κ3) is 4.79. The molecule has 9 rings (SSSR count). The van der Waals surface area contributed by atoms with E-state index in [0.29, 0.717) is 6.42 Å². The molecule has 9 aromatic rings. The van der Waals surface area contributed by atoms with Crippen LogP contribution in [-0.4, -0.2) is 19.9 Å². The minimum atomic E-state index is 0.638. The summed E-state index contributed by atoms with van der Waals surface area (Å²) in [5.41, 5.74) is 7.62. The zero-order valence-electron chi connectivity index (χ0n) is 25.5. The predicted molar refractivity (Wildman–Crippen MR) is 193 cm³/mol. The van der Waals surface area contributed by atoms with E-state index in [-0.39, 0.29) is 0 Å². The first-order chi connectivity index (χ1) is 23.3. The van der Waals surface area contributed by atoms with Crippen LogP contribution in [-0.2, 0) is 6.42 Å². The second kappa shape index (κ2) is 11.3. The molecule has 0 saturated heterocycles. The van der Waals surface area contributed by atoms with E-state index in [4.69, 9.17) is 19.9 Å². The van der Waals surface area contributed by atoms with E-state index in [1.54, 1.807) is 0 Å². The van der Waals surface area contributed by atoms with Gasteiger partial charge in [-0.05, 0) is 33.9 Å². The van der Waals surface area contributed by atoms with Crippen molar-refractivity contribution in [2.45, 2.75) is 6.42 Å². The lowest BCUT2D eigenvalue weighted by Crippen LogP contribution is -2.02. The summed E-state index contributed by atoms with van der Waals surface area (Å²) in [5, 5.41) is 7.96. The Morgan fingerprint density at radius 1 is 0.447 bits per heavy atom. The Labute approximate surface area is 272 Å². The fourth-order valence-corrected chi connectivity index (χ4v) is 6.74. The summed E-state index contributed by atoms with van der Waals surface area (Å²) in [6.45, 7) is 0. The monoisotopic (exact) mass is 600 g/mol. The standard InChI is InChI=1S/C43H28N4/c1-3-13-28(14-4-1)25-40-45-38(30-16-5-2-6-17-30)26-39(46-40)36-27-44-42(33-20-10-9-19-32(33)36)43-35-24-23-29-15-7-8-18-31(29)41(35)34-21-11-12-22-37(34)47-43/h1-24,26-27H,25H2. The van der Waals surface area contributed by atoms with E-state index in [2.05, 4.69) is 127 Å². The average Bonchev–Trinajstić information content (AvgIpc) is 3.14. The van der Waals surface area contributed by atoms with Crippen LogP contribution in [0.5, 0.6) is 0 Å². The Bertz CT molecular complexity index is 2580. The molecule has 0 fully saturated rings. The van der Waals surface area contributed by atoms with Gasteiger partial charge in [-0.25, -0.2) is 15.0 Å². The Morgan fingerprint density at radius 2 is 1.11 bits per heavy atom. The van der Waals surface area contributed by atoms with Crippen LogP contribution in [0.4, 0.5) is 0 Å². The number of hydrogen-bond donors (Lipinski definition) is 0. The van der Waals surface area contributed by atoms with Gasteiger partial charge in [0.05, 0.1) is 28.3 Å². The lowest BCUT2D eigenvalue weighted by Gasteiger charge is -2.15. The van der Waals surface area contributed by atoms with Gasteiger partial charge in [0.15, 0.2) is 0 Å². The van der Waals surface area contributed by atoms with Gasteiger partial charge in [-0.3, -0.25) is 4.98 Å². The summed E-state index contributed by atoms with van der Waals surface area (Å²) in [7, 11) is 0. The molecule has 0 aliphatic carbocycles. The minimum absolute atomic E-state index is 0.638. The van der Waals surface area contributed by atoms with Crippen molar-refractivity contribution < 1.29 is 0 Å². The smallest absolute Gasteiger partial charge is 0.134 e. The molecule has 0 unspecified atom stereocenters. The van der Waals surface area contributed by atoms with Crippen molar-refractivity contribution in [3.05, 3.63) is 169 Å². The molecule has 0 saturated carbocycles. The summed E-state index contributed by atoms with van der Waals surface area (Å²) in [4.78, 5) is 20.6. The fourth-order valence-electron chi connectivity index (χ4n) is 6.74. The van der Waals surface area contributed by atoms with Crippen molar-refractivity contribution in [3.8, 4) is 33.9 Å². The number of para-hydroxylation sites is 1. The first-order valence-electron chi connectivity index (χ1n) is 15.9. The van der Waals surface area contributed by atoms with E-state index < -0.39 is 0 Å². The molecule has 0 aliphatic heterocycles. The summed E-state index contributed by atoms with van der Waals surface area (Å²) < 4.78 is 0. The second-order valence-corrected chi connectivity index (χ2v) is 11.8. The normalized spacial score (nSPS) is 11.5. The lowest BCUT2D eigenvalue weighted by atomic mass is 9.94. The molecule has 0 aliphatic rings. The van der Waals surface area contributed by atoms with Crippen LogP contribution in [0, 0.1) is 0 Å². The Morgan fingerprint density at radius 3 is 1.94 bits per heavy atom. The second-order valence-electron chi connectivity index (χ2n) is 11.8. The number of pyridine rings is 2. The van der Waals surface area contributed by atoms with E-state index in [0.717, 1.165) is 66.8 Å². The molecule has 220 valence electrons. The van der Waals surface area contributed by atoms with Crippen molar-refractivity contribution in [3.63, 3.8) is 0 Å². The van der Waals surface area contributed by atoms with Gasteiger partial charge in [0.1, 0.15) is 5.82 Å². The molecule has 6 aromatic carbocycles. The van der Waals surface area contributed by atoms with Gasteiger partial charge in [0.2, 0.25) is 0 Å². The minimum Gasteiger partial charge on any atom is -0.253 e. The van der Waals surface area contributed by atoms with Crippen molar-refractivity contribution in [1.29, 1.82) is 0 Å². The van der Waals surface area contributed by atoms with Crippen molar-refractivity contribution in [1.82, 2.24) is 19.9 Å². The van der Waals surface area contributed by atoms with Gasteiger partial charge < -0.3 is 0 Å². The van der Waals surface area contributed by atoms with Crippen LogP contribution in [0.3, 0.4) is 0 Å². The Hall–Kier alpha value is -6.26. The molecule has 0 N–H and O–H groups in total. The van der Waals surface area contributed by atoms with Crippen molar-refractivity contribution >= 4 is 43.2 Å². The molecule has 0 atom stereocenters. The average molecular weight is 601 g/mol. The quantitative estimate of drug-likeness (QED) is 0.184. The third-order valence-electron chi connectivity index (χ3n) is 8.93. The molecule has 0 spiro atoms. The number of aromatic nitrogens is 4. The maximum atomic E-state index is 5.26. The topological polar surface area (TPSA) is 51.6 Å². The van der Waals surface area contributed by atoms with Gasteiger partial charge in [-0.15, -0.1) is 0 Å². The SMILES string of the molecule is c1ccc(Cc2nc(-c3ccccc3)cc(-c3cnc(-c4nc5ccccc5c5c4ccc4ccccc45)c4ccccc34)n2)cc1. The number of benzene rings is 6. The maximum Gasteiger partial charge on any atom is 0.134 e. The number of nitrogens with zero attached hydrogens (tertiary/aromatic N) is 4. The highest BCUT2D eigenvalue weighted by molar-refractivity contribution is 6.23. The van der Waals surface area contributed by atoms with Gasteiger partial charge in [-0.1, -0.05) is 140 Å². The molecule has 3 heterocycles. The molecule has 4 heteroatoms. The number of hydrogen-bond acceptors (Lipinski definition) is 4. The predicted octanol–water partition coefficient (Wildman–Crippen LogP) is 10.5. The highest BCUT2D eigenvalue weighted by atomic mass is 14.9. The zero-order valence-corrected chi connectivity index (χ0v) is 25.5. The van der Waals surface area contributed by atoms with E-state index in [9.17, 15) is 0 Å². The van der Waals surface area contributed by atoms with Crippen LogP contribution in [0.25, 0.3) is 77.1 Å². The number of rotatable bonds is 5. The maximum absolute atomic E-state index is 5.26. The Kier molecular flexibility index (Phi) is 6.50. The van der Waals surface area contributed by atoms with Gasteiger partial charge in [-0.2, -0.15) is 0 Å². The largest absolute Gasteiger partial charge is 0.253 e. The van der Waals surface area contributed by atoms with Crippen molar-refractivity contribution in [2.24, 2.45) is 0 Å². The van der Waals surface area contributed by atoms with Crippen LogP contribution in [0.2, 0.25) is 0 Å². The van der Waals surface area contributed by atoms with Crippen LogP contribution in [0.1, 0.15) is 11.4 Å². The first kappa shape index (κ1) is 27.1. The van der Waals surface area contributed by atoms with Gasteiger partial charge >= 0.3 is 0 Å². The summed E-state index contributed by atoms with van der Waals surface area (Å²) in [6, 6.07) is 52.6. The zero-order chi connectivity index (χ0) is 31.2. The summed E-state index contributed by atoms with van der Waals surface area (Å²) in [5.74, 6) is 0.773. The van der Waals surface area contributed by atoms with Crippen LogP contribution >= 0.6 is 0 Å². The van der Waals surface area contributed by atoms with Crippen LogP contribution < -0.4 is 0 Å². The molecule has 47 heavy (non-hydrogen) atoms. The van der Waals surface area contributed by atoms with Gasteiger partial charge in [0.25, 0.3) is 0 Å². The highest BCUT2D eigenvalue weighted by Crippen LogP contribution is 2.40. The summed E-state index contributed by atoms with van der Waals surface area (Å²) >= 11 is 0. The molecular formula is C43H28N4. The Balaban J connectivity index is 1.28. The first-order valence-corrected chi connectivity index (χ1v) is 15.9. The van der Waals surface area contributed by atoms with E-state index in [1.165, 1.54) is 21.7 Å². The summed E-state index contributed by atoms with van der Waals surface area (Å²) in [6.07, 6.45) is 2.60. The molecular weight excluding hydrogens is 573 g/mol. The van der Waals surface area contributed by atoms with Crippen LogP contribution in [0.15, 0.2) is 158 Å². The highest BCUT2D eigenvalue weighted by Gasteiger charge is 2.19.